The molecule has 0 unspecified atom stereocenters. The molecule has 1 heterocycles. The quantitative estimate of drug-likeness (QED) is 0.831. The van der Waals surface area contributed by atoms with E-state index in [4.69, 9.17) is 10.5 Å². The van der Waals surface area contributed by atoms with Crippen LogP contribution >= 0.6 is 0 Å². The number of nitrogens with zero attached hydrogens (tertiary/aromatic N) is 2. The largest absolute Gasteiger partial charge is 0.381 e. The summed E-state index contributed by atoms with van der Waals surface area (Å²) in [6.07, 6.45) is 5.19. The zero-order valence-corrected chi connectivity index (χ0v) is 13.6. The van der Waals surface area contributed by atoms with Crippen molar-refractivity contribution in [2.75, 3.05) is 46.4 Å². The molecule has 1 aliphatic carbocycles. The van der Waals surface area contributed by atoms with E-state index in [0.29, 0.717) is 6.10 Å². The minimum absolute atomic E-state index is 0.249. The van der Waals surface area contributed by atoms with Gasteiger partial charge in [0, 0.05) is 51.9 Å². The molecular weight excluding hydrogens is 250 g/mol. The van der Waals surface area contributed by atoms with Crippen LogP contribution in [0.5, 0.6) is 0 Å². The van der Waals surface area contributed by atoms with Crippen molar-refractivity contribution in [3.63, 3.8) is 0 Å². The van der Waals surface area contributed by atoms with E-state index in [9.17, 15) is 0 Å². The van der Waals surface area contributed by atoms with Gasteiger partial charge in [0.05, 0.1) is 6.10 Å². The van der Waals surface area contributed by atoms with E-state index in [1.54, 1.807) is 0 Å². The Kier molecular flexibility index (Phi) is 5.84. The van der Waals surface area contributed by atoms with E-state index in [-0.39, 0.29) is 5.54 Å². The van der Waals surface area contributed by atoms with Crippen molar-refractivity contribution >= 4 is 0 Å². The summed E-state index contributed by atoms with van der Waals surface area (Å²) in [6.45, 7) is 11.4. The Labute approximate surface area is 124 Å². The molecule has 0 aromatic carbocycles. The molecule has 2 N–H and O–H groups in total. The van der Waals surface area contributed by atoms with E-state index in [1.165, 1.54) is 58.4 Å². The summed E-state index contributed by atoms with van der Waals surface area (Å²) in [5, 5.41) is 0. The van der Waals surface area contributed by atoms with Crippen molar-refractivity contribution in [3.8, 4) is 0 Å². The Morgan fingerprint density at radius 3 is 2.20 bits per heavy atom. The van der Waals surface area contributed by atoms with Crippen LogP contribution in [0.2, 0.25) is 0 Å². The monoisotopic (exact) mass is 283 g/mol. The molecule has 1 aliphatic heterocycles. The highest BCUT2D eigenvalue weighted by Gasteiger charge is 2.40. The molecule has 0 atom stereocenters. The van der Waals surface area contributed by atoms with Gasteiger partial charge < -0.3 is 15.4 Å². The molecule has 2 fully saturated rings. The summed E-state index contributed by atoms with van der Waals surface area (Å²) < 4.78 is 5.51. The Morgan fingerprint density at radius 1 is 1.15 bits per heavy atom. The second kappa shape index (κ2) is 7.21. The van der Waals surface area contributed by atoms with E-state index in [0.717, 1.165) is 12.5 Å². The molecule has 4 nitrogen and oxygen atoms in total. The molecule has 2 rings (SSSR count). The van der Waals surface area contributed by atoms with Crippen molar-refractivity contribution in [2.45, 2.75) is 51.2 Å². The Morgan fingerprint density at radius 2 is 1.75 bits per heavy atom. The Balaban J connectivity index is 1.87. The van der Waals surface area contributed by atoms with Crippen LogP contribution in [0.4, 0.5) is 0 Å². The van der Waals surface area contributed by atoms with Gasteiger partial charge in [-0.05, 0) is 31.6 Å². The first-order valence-corrected chi connectivity index (χ1v) is 8.30. The predicted molar refractivity (Wildman–Crippen MR) is 83.9 cm³/mol. The number of methoxy groups -OCH3 is 1. The number of rotatable bonds is 5. The molecule has 4 heteroatoms. The van der Waals surface area contributed by atoms with Gasteiger partial charge in [0.25, 0.3) is 0 Å². The van der Waals surface area contributed by atoms with E-state index >= 15 is 0 Å². The maximum Gasteiger partial charge on any atom is 0.0572 e. The molecule has 20 heavy (non-hydrogen) atoms. The first-order valence-electron chi connectivity index (χ1n) is 8.30. The molecule has 118 valence electrons. The van der Waals surface area contributed by atoms with Gasteiger partial charge in [-0.15, -0.1) is 0 Å². The molecule has 1 saturated carbocycles. The first kappa shape index (κ1) is 16.2. The highest BCUT2D eigenvalue weighted by molar-refractivity contribution is 4.97. The van der Waals surface area contributed by atoms with Gasteiger partial charge in [-0.3, -0.25) is 4.90 Å². The van der Waals surface area contributed by atoms with Crippen LogP contribution in [0.3, 0.4) is 0 Å². The van der Waals surface area contributed by atoms with Crippen molar-refractivity contribution in [1.29, 1.82) is 0 Å². The minimum atomic E-state index is 0.249. The SMILES string of the molecule is COC1CCC(CN)(N2CCN(CC(C)C)CC2)CC1. The number of nitrogens with two attached hydrogens (primary N) is 1. The van der Waals surface area contributed by atoms with Gasteiger partial charge in [-0.2, -0.15) is 0 Å². The third-order valence-corrected chi connectivity index (χ3v) is 5.24. The van der Waals surface area contributed by atoms with Gasteiger partial charge in [-0.1, -0.05) is 13.8 Å². The lowest BCUT2D eigenvalue weighted by Crippen LogP contribution is -2.61. The van der Waals surface area contributed by atoms with Crippen LogP contribution < -0.4 is 5.73 Å². The van der Waals surface area contributed by atoms with Gasteiger partial charge in [-0.25, -0.2) is 0 Å². The summed E-state index contributed by atoms with van der Waals surface area (Å²) >= 11 is 0. The van der Waals surface area contributed by atoms with Crippen molar-refractivity contribution in [1.82, 2.24) is 9.80 Å². The van der Waals surface area contributed by atoms with Gasteiger partial charge in [0.2, 0.25) is 0 Å². The molecule has 0 radical (unpaired) electrons. The topological polar surface area (TPSA) is 41.7 Å². The lowest BCUT2D eigenvalue weighted by Gasteiger charge is -2.50. The molecule has 0 spiro atoms. The van der Waals surface area contributed by atoms with Gasteiger partial charge in [0.1, 0.15) is 0 Å². The van der Waals surface area contributed by atoms with Crippen LogP contribution in [-0.2, 0) is 4.74 Å². The molecule has 0 bridgehead atoms. The number of hydrogen-bond donors (Lipinski definition) is 1. The Hall–Kier alpha value is -0.160. The lowest BCUT2D eigenvalue weighted by atomic mass is 9.78. The number of piperazine rings is 1. The molecule has 1 saturated heterocycles. The molecule has 2 aliphatic rings. The van der Waals surface area contributed by atoms with E-state index in [1.807, 2.05) is 7.11 Å². The number of hydrogen-bond acceptors (Lipinski definition) is 4. The van der Waals surface area contributed by atoms with Gasteiger partial charge in [0.15, 0.2) is 0 Å². The fourth-order valence-electron chi connectivity index (χ4n) is 3.93. The van der Waals surface area contributed by atoms with Crippen molar-refractivity contribution < 1.29 is 4.74 Å². The average molecular weight is 283 g/mol. The molecule has 0 aromatic heterocycles. The molecule has 0 aromatic rings. The zero-order chi connectivity index (χ0) is 14.6. The van der Waals surface area contributed by atoms with Crippen LogP contribution in [0, 0.1) is 5.92 Å². The van der Waals surface area contributed by atoms with Crippen molar-refractivity contribution in [3.05, 3.63) is 0 Å². The summed E-state index contributed by atoms with van der Waals surface area (Å²) in [4.78, 5) is 5.28. The van der Waals surface area contributed by atoms with E-state index < -0.39 is 0 Å². The highest BCUT2D eigenvalue weighted by atomic mass is 16.5. The van der Waals surface area contributed by atoms with Crippen LogP contribution in [0.15, 0.2) is 0 Å². The second-order valence-corrected chi connectivity index (χ2v) is 7.05. The van der Waals surface area contributed by atoms with Crippen molar-refractivity contribution in [2.24, 2.45) is 11.7 Å². The van der Waals surface area contributed by atoms with Crippen LogP contribution in [0.1, 0.15) is 39.5 Å². The summed E-state index contributed by atoms with van der Waals surface area (Å²) in [7, 11) is 1.84. The predicted octanol–water partition coefficient (Wildman–Crippen LogP) is 1.55. The maximum atomic E-state index is 6.18. The Bertz CT molecular complexity index is 279. The first-order chi connectivity index (χ1) is 9.59. The summed E-state index contributed by atoms with van der Waals surface area (Å²) in [5.41, 5.74) is 6.42. The smallest absolute Gasteiger partial charge is 0.0572 e. The van der Waals surface area contributed by atoms with E-state index in [2.05, 4.69) is 23.6 Å². The maximum absolute atomic E-state index is 6.18. The normalized spacial score (nSPS) is 33.8. The highest BCUT2D eigenvalue weighted by Crippen LogP contribution is 2.34. The minimum Gasteiger partial charge on any atom is -0.381 e. The summed E-state index contributed by atoms with van der Waals surface area (Å²) in [5.74, 6) is 0.766. The lowest BCUT2D eigenvalue weighted by molar-refractivity contribution is -0.0274. The standard InChI is InChI=1S/C16H33N3O/c1-14(2)12-18-8-10-19(11-9-18)16(13-17)6-4-15(20-3)5-7-16/h14-15H,4-13,17H2,1-3H3. The van der Waals surface area contributed by atoms with Crippen LogP contribution in [-0.4, -0.2) is 67.8 Å². The van der Waals surface area contributed by atoms with Crippen LogP contribution in [0.25, 0.3) is 0 Å². The molecular formula is C16H33N3O. The fourth-order valence-corrected chi connectivity index (χ4v) is 3.93. The summed E-state index contributed by atoms with van der Waals surface area (Å²) in [6, 6.07) is 0. The fraction of sp³-hybridized carbons (Fsp3) is 1.00. The average Bonchev–Trinajstić information content (AvgIpc) is 2.47. The second-order valence-electron chi connectivity index (χ2n) is 7.05. The number of ether oxygens (including phenoxy) is 1. The third-order valence-electron chi connectivity index (χ3n) is 5.24. The molecule has 0 amide bonds. The zero-order valence-electron chi connectivity index (χ0n) is 13.6. The van der Waals surface area contributed by atoms with Gasteiger partial charge >= 0.3 is 0 Å². The third kappa shape index (κ3) is 3.73.